The molecule has 2 radical (unpaired) electrons. The van der Waals surface area contributed by atoms with Crippen LogP contribution in [0, 0.1) is 17.8 Å². The molecular weight excluding hydrogens is 781 g/mol. The third kappa shape index (κ3) is 30.8. The van der Waals surface area contributed by atoms with Gasteiger partial charge in [0, 0.05) is 0 Å². The zero-order chi connectivity index (χ0) is 37.8. The Labute approximate surface area is 330 Å². The standard InChI is InChI=1S/3C12H27O3P.2Fe/c3*1-4-7-9-11(6-3)12(10-8-5-2)16(13,14)15;;/h3*11-12H,4-10H2,1-3H3,(H2,13,14,15);;/q;;;2*+3/p-6. The molecule has 0 amide bonds. The summed E-state index contributed by atoms with van der Waals surface area (Å²) in [7, 11) is -13.3. The molecule has 0 rings (SSSR count). The fraction of sp³-hybridized carbons (Fsp3) is 1.00. The van der Waals surface area contributed by atoms with Crippen LogP contribution in [0.25, 0.3) is 0 Å². The average molecular weight is 857 g/mol. The van der Waals surface area contributed by atoms with E-state index in [4.69, 9.17) is 0 Å². The third-order valence-corrected chi connectivity index (χ3v) is 14.2. The van der Waals surface area contributed by atoms with Crippen molar-refractivity contribution in [3.05, 3.63) is 0 Å². The summed E-state index contributed by atoms with van der Waals surface area (Å²) in [5.41, 5.74) is -1.91. The van der Waals surface area contributed by atoms with Gasteiger partial charge in [-0.1, -0.05) is 181 Å². The van der Waals surface area contributed by atoms with E-state index in [1.54, 1.807) is 0 Å². The number of hydrogen-bond acceptors (Lipinski definition) is 9. The maximum Gasteiger partial charge on any atom is 3.00 e. The summed E-state index contributed by atoms with van der Waals surface area (Å²) >= 11 is 0. The van der Waals surface area contributed by atoms with E-state index < -0.39 is 39.8 Å². The monoisotopic (exact) mass is 856 g/mol. The fourth-order valence-corrected chi connectivity index (χ4v) is 10.7. The summed E-state index contributed by atoms with van der Waals surface area (Å²) in [5.74, 6) is 0.187. The van der Waals surface area contributed by atoms with Crippen molar-refractivity contribution in [1.82, 2.24) is 0 Å². The third-order valence-electron chi connectivity index (χ3n) is 9.77. The average Bonchev–Trinajstić information content (AvgIpc) is 3.00. The maximum absolute atomic E-state index is 11.3. The van der Waals surface area contributed by atoms with Crippen LogP contribution >= 0.6 is 22.8 Å². The molecule has 0 N–H and O–H groups in total. The molecule has 0 saturated heterocycles. The molecule has 9 nitrogen and oxygen atoms in total. The second-order valence-corrected chi connectivity index (χ2v) is 18.9. The number of hydrogen-bond donors (Lipinski definition) is 0. The van der Waals surface area contributed by atoms with Crippen molar-refractivity contribution < 1.29 is 77.2 Å². The molecule has 6 unspecified atom stereocenters. The summed E-state index contributed by atoms with van der Waals surface area (Å²) < 4.78 is 33.8. The molecule has 50 heavy (non-hydrogen) atoms. The van der Waals surface area contributed by atoms with E-state index >= 15 is 0 Å². The first-order chi connectivity index (χ1) is 22.4. The van der Waals surface area contributed by atoms with Crippen LogP contribution in [-0.2, 0) is 47.8 Å². The van der Waals surface area contributed by atoms with E-state index in [9.17, 15) is 43.1 Å². The van der Waals surface area contributed by atoms with Gasteiger partial charge in [-0.2, -0.15) is 0 Å². The van der Waals surface area contributed by atoms with Gasteiger partial charge in [0.05, 0.1) is 0 Å². The Morgan fingerprint density at radius 1 is 0.340 bits per heavy atom. The SMILES string of the molecule is CCCCC(CC)C(CCCC)P(=O)([O-])[O-].CCCCC(CC)C(CCCC)P(=O)([O-])[O-].CCCCC(CC)C(CCCC)P(=O)([O-])[O-].[Fe+3].[Fe+3]. The second kappa shape index (κ2) is 36.1. The number of rotatable bonds is 27. The predicted octanol–water partition coefficient (Wildman–Crippen LogP) is 8.02. The molecule has 0 bridgehead atoms. The Bertz CT molecular complexity index is 758. The van der Waals surface area contributed by atoms with Gasteiger partial charge in [-0.05, 0) is 73.3 Å². The molecule has 304 valence electrons. The van der Waals surface area contributed by atoms with E-state index in [0.29, 0.717) is 19.3 Å². The summed E-state index contributed by atoms with van der Waals surface area (Å²) in [4.78, 5) is 67.6. The minimum atomic E-state index is -4.42. The van der Waals surface area contributed by atoms with Gasteiger partial charge in [0.15, 0.2) is 0 Å². The molecule has 0 aliphatic carbocycles. The Kier molecular flexibility index (Phi) is 43.9. The first-order valence-corrected chi connectivity index (χ1v) is 24.3. The van der Waals surface area contributed by atoms with Crippen molar-refractivity contribution in [2.45, 2.75) is 214 Å². The molecule has 0 fully saturated rings. The van der Waals surface area contributed by atoms with E-state index in [1.165, 1.54) is 0 Å². The van der Waals surface area contributed by atoms with Crippen molar-refractivity contribution in [3.63, 3.8) is 0 Å². The van der Waals surface area contributed by atoms with Crippen LogP contribution in [-0.4, -0.2) is 17.0 Å². The quantitative estimate of drug-likeness (QED) is 0.0582. The van der Waals surface area contributed by atoms with E-state index in [0.717, 1.165) is 116 Å². The Hall–Kier alpha value is 1.49. The molecule has 6 atom stereocenters. The zero-order valence-corrected chi connectivity index (χ0v) is 37.9. The van der Waals surface area contributed by atoms with Crippen LogP contribution in [0.15, 0.2) is 0 Å². The normalized spacial score (nSPS) is 15.4. The molecule has 0 aromatic heterocycles. The van der Waals surface area contributed by atoms with Crippen LogP contribution < -0.4 is 29.4 Å². The predicted molar refractivity (Wildman–Crippen MR) is 193 cm³/mol. The van der Waals surface area contributed by atoms with Gasteiger partial charge >= 0.3 is 34.1 Å². The van der Waals surface area contributed by atoms with Crippen molar-refractivity contribution in [1.29, 1.82) is 0 Å². The minimum Gasteiger partial charge on any atom is -0.811 e. The fourth-order valence-electron chi connectivity index (χ4n) is 6.60. The maximum atomic E-state index is 11.3. The smallest absolute Gasteiger partial charge is 0.811 e. The van der Waals surface area contributed by atoms with Gasteiger partial charge in [0.2, 0.25) is 0 Å². The van der Waals surface area contributed by atoms with E-state index in [-0.39, 0.29) is 51.9 Å². The molecule has 0 saturated carbocycles. The van der Waals surface area contributed by atoms with E-state index in [1.807, 2.05) is 41.5 Å². The summed E-state index contributed by atoms with van der Waals surface area (Å²) in [6.45, 7) is 18.3. The zero-order valence-electron chi connectivity index (χ0n) is 33.0. The van der Waals surface area contributed by atoms with Crippen LogP contribution in [0.4, 0.5) is 0 Å². The van der Waals surface area contributed by atoms with Crippen LogP contribution in [0.5, 0.6) is 0 Å². The van der Waals surface area contributed by atoms with Crippen molar-refractivity contribution >= 4 is 22.8 Å². The van der Waals surface area contributed by atoms with E-state index in [2.05, 4.69) is 20.8 Å². The molecule has 14 heteroatoms. The minimum absolute atomic E-state index is 0. The Morgan fingerprint density at radius 3 is 0.620 bits per heavy atom. The Morgan fingerprint density at radius 2 is 0.500 bits per heavy atom. The van der Waals surface area contributed by atoms with Crippen LogP contribution in [0.3, 0.4) is 0 Å². The van der Waals surface area contributed by atoms with Gasteiger partial charge in [-0.15, -0.1) is 0 Å². The van der Waals surface area contributed by atoms with Gasteiger partial charge in [-0.25, -0.2) is 0 Å². The topological polar surface area (TPSA) is 190 Å². The summed E-state index contributed by atoms with van der Waals surface area (Å²) in [5, 5.41) is 0. The summed E-state index contributed by atoms with van der Waals surface area (Å²) in [6, 6.07) is 0. The second-order valence-electron chi connectivity index (χ2n) is 13.7. The van der Waals surface area contributed by atoms with Crippen molar-refractivity contribution in [2.24, 2.45) is 17.8 Å². The molecule has 0 aromatic carbocycles. The van der Waals surface area contributed by atoms with Crippen molar-refractivity contribution in [2.75, 3.05) is 0 Å². The molecule has 0 aromatic rings. The number of unbranched alkanes of at least 4 members (excludes halogenated alkanes) is 6. The summed E-state index contributed by atoms with van der Waals surface area (Å²) in [6.07, 6.45) is 18.2. The Balaban J connectivity index is -0.000000199. The van der Waals surface area contributed by atoms with Gasteiger partial charge in [0.1, 0.15) is 0 Å². The largest absolute Gasteiger partial charge is 3.00 e. The first-order valence-electron chi connectivity index (χ1n) is 19.5. The van der Waals surface area contributed by atoms with Gasteiger partial charge in [-0.3, -0.25) is 0 Å². The molecule has 0 spiro atoms. The van der Waals surface area contributed by atoms with Gasteiger partial charge in [0.25, 0.3) is 0 Å². The molecular formula is C36H75Fe2O9P3. The molecule has 0 aliphatic heterocycles. The molecule has 0 heterocycles. The first kappa shape index (κ1) is 60.7. The van der Waals surface area contributed by atoms with Crippen LogP contribution in [0.2, 0.25) is 0 Å². The van der Waals surface area contributed by atoms with Crippen LogP contribution in [0.1, 0.15) is 197 Å². The molecule has 0 aliphatic rings. The van der Waals surface area contributed by atoms with Gasteiger partial charge < -0.3 is 43.1 Å². The van der Waals surface area contributed by atoms with Crippen molar-refractivity contribution in [3.8, 4) is 0 Å².